The standard InChI is InChI=1S/C23H25N3O4S/c1-3-13-30-23(29)15-8-10-16(11-9-15)24-20(27)19-14(2)18-21(31-19)25-17-7-5-4-6-12-26(17)22(18)28/h8-11H,3-7,12-13H2,1-2H3,(H,24,27). The first kappa shape index (κ1) is 21.2. The average molecular weight is 440 g/mol. The van der Waals surface area contributed by atoms with Crippen molar-refractivity contribution in [3.63, 3.8) is 0 Å². The monoisotopic (exact) mass is 439 g/mol. The summed E-state index contributed by atoms with van der Waals surface area (Å²) in [6.07, 6.45) is 4.64. The van der Waals surface area contributed by atoms with Crippen LogP contribution < -0.4 is 10.9 Å². The van der Waals surface area contributed by atoms with E-state index < -0.39 is 0 Å². The zero-order valence-corrected chi connectivity index (χ0v) is 18.5. The van der Waals surface area contributed by atoms with Crippen molar-refractivity contribution in [2.75, 3.05) is 11.9 Å². The molecule has 0 fully saturated rings. The highest BCUT2D eigenvalue weighted by molar-refractivity contribution is 7.20. The van der Waals surface area contributed by atoms with Crippen molar-refractivity contribution in [1.29, 1.82) is 0 Å². The van der Waals surface area contributed by atoms with Gasteiger partial charge in [-0.25, -0.2) is 9.78 Å². The molecule has 7 nitrogen and oxygen atoms in total. The number of fused-ring (bicyclic) bond motifs is 2. The van der Waals surface area contributed by atoms with E-state index in [1.54, 1.807) is 35.8 Å². The Balaban J connectivity index is 1.58. The first-order chi connectivity index (χ1) is 15.0. The van der Waals surface area contributed by atoms with E-state index in [1.807, 2.05) is 6.92 Å². The molecule has 3 aromatic rings. The van der Waals surface area contributed by atoms with E-state index in [-0.39, 0.29) is 17.4 Å². The fourth-order valence-electron chi connectivity index (χ4n) is 3.78. The number of hydrogen-bond acceptors (Lipinski definition) is 6. The first-order valence-corrected chi connectivity index (χ1v) is 11.4. The molecular weight excluding hydrogens is 414 g/mol. The number of hydrogen-bond donors (Lipinski definition) is 1. The smallest absolute Gasteiger partial charge is 0.338 e. The molecule has 1 aliphatic rings. The maximum absolute atomic E-state index is 13.1. The second kappa shape index (κ2) is 9.01. The van der Waals surface area contributed by atoms with E-state index in [2.05, 4.69) is 5.32 Å². The maximum atomic E-state index is 13.1. The number of aromatic nitrogens is 2. The number of nitrogens with zero attached hydrogens (tertiary/aromatic N) is 2. The van der Waals surface area contributed by atoms with Gasteiger partial charge in [0, 0.05) is 18.7 Å². The number of carbonyl (C=O) groups excluding carboxylic acids is 2. The summed E-state index contributed by atoms with van der Waals surface area (Å²) in [5.74, 6) is 0.140. The second-order valence-electron chi connectivity index (χ2n) is 7.70. The number of anilines is 1. The van der Waals surface area contributed by atoms with E-state index in [4.69, 9.17) is 9.72 Å². The Morgan fingerprint density at radius 1 is 1.19 bits per heavy atom. The van der Waals surface area contributed by atoms with E-state index in [1.165, 1.54) is 11.3 Å². The molecule has 0 aliphatic carbocycles. The van der Waals surface area contributed by atoms with Gasteiger partial charge in [0.2, 0.25) is 0 Å². The van der Waals surface area contributed by atoms with Crippen molar-refractivity contribution in [3.05, 3.63) is 56.4 Å². The highest BCUT2D eigenvalue weighted by atomic mass is 32.1. The molecule has 1 aliphatic heterocycles. The molecule has 1 aromatic carbocycles. The SMILES string of the molecule is CCCOC(=O)c1ccc(NC(=O)c2sc3nc4n(c(=O)c3c2C)CCCCC4)cc1. The lowest BCUT2D eigenvalue weighted by atomic mass is 10.2. The molecule has 0 unspecified atom stereocenters. The summed E-state index contributed by atoms with van der Waals surface area (Å²) < 4.78 is 6.89. The Labute approximate surface area is 184 Å². The van der Waals surface area contributed by atoms with Crippen molar-refractivity contribution < 1.29 is 14.3 Å². The molecule has 8 heteroatoms. The summed E-state index contributed by atoms with van der Waals surface area (Å²) in [6.45, 7) is 4.79. The number of esters is 1. The minimum atomic E-state index is -0.383. The van der Waals surface area contributed by atoms with E-state index in [9.17, 15) is 14.4 Å². The minimum absolute atomic E-state index is 0.0513. The fourth-order valence-corrected chi connectivity index (χ4v) is 4.87. The van der Waals surface area contributed by atoms with Gasteiger partial charge in [-0.05, 0) is 56.0 Å². The molecule has 1 amide bonds. The van der Waals surface area contributed by atoms with Crippen molar-refractivity contribution in [2.24, 2.45) is 0 Å². The molecule has 31 heavy (non-hydrogen) atoms. The van der Waals surface area contributed by atoms with Crippen LogP contribution in [0.2, 0.25) is 0 Å². The lowest BCUT2D eigenvalue weighted by Crippen LogP contribution is -2.24. The number of amides is 1. The quantitative estimate of drug-likeness (QED) is 0.598. The summed E-state index contributed by atoms with van der Waals surface area (Å²) in [6, 6.07) is 6.57. The van der Waals surface area contributed by atoms with Gasteiger partial charge in [-0.3, -0.25) is 14.2 Å². The number of thiophene rings is 1. The van der Waals surface area contributed by atoms with Gasteiger partial charge >= 0.3 is 5.97 Å². The van der Waals surface area contributed by atoms with E-state index in [0.717, 1.165) is 37.9 Å². The van der Waals surface area contributed by atoms with Gasteiger partial charge in [0.15, 0.2) is 0 Å². The summed E-state index contributed by atoms with van der Waals surface area (Å²) in [7, 11) is 0. The summed E-state index contributed by atoms with van der Waals surface area (Å²) >= 11 is 1.25. The molecule has 0 spiro atoms. The van der Waals surface area contributed by atoms with Crippen LogP contribution in [0.1, 0.15) is 64.0 Å². The average Bonchev–Trinajstić information content (AvgIpc) is 2.93. The van der Waals surface area contributed by atoms with Gasteiger partial charge < -0.3 is 10.1 Å². The summed E-state index contributed by atoms with van der Waals surface area (Å²) in [5, 5.41) is 3.39. The van der Waals surface area contributed by atoms with Crippen LogP contribution in [0.3, 0.4) is 0 Å². The van der Waals surface area contributed by atoms with E-state index >= 15 is 0 Å². The van der Waals surface area contributed by atoms with Crippen LogP contribution >= 0.6 is 11.3 Å². The third-order valence-corrected chi connectivity index (χ3v) is 6.62. The number of nitrogens with one attached hydrogen (secondary N) is 1. The lowest BCUT2D eigenvalue weighted by molar-refractivity contribution is 0.0505. The highest BCUT2D eigenvalue weighted by Crippen LogP contribution is 2.29. The Kier molecular flexibility index (Phi) is 6.18. The number of carbonyl (C=O) groups is 2. The Bertz CT molecular complexity index is 1190. The van der Waals surface area contributed by atoms with Gasteiger partial charge in [-0.15, -0.1) is 11.3 Å². The third-order valence-electron chi connectivity index (χ3n) is 5.43. The van der Waals surface area contributed by atoms with Crippen LogP contribution in [-0.2, 0) is 17.7 Å². The molecule has 162 valence electrons. The van der Waals surface area contributed by atoms with Crippen molar-refractivity contribution in [2.45, 2.75) is 52.5 Å². The number of benzene rings is 1. The molecule has 4 rings (SSSR count). The first-order valence-electron chi connectivity index (χ1n) is 10.6. The Morgan fingerprint density at radius 2 is 1.97 bits per heavy atom. The van der Waals surface area contributed by atoms with Gasteiger partial charge in [0.05, 0.1) is 22.4 Å². The number of rotatable bonds is 5. The Hall–Kier alpha value is -3.00. The van der Waals surface area contributed by atoms with Crippen molar-refractivity contribution >= 4 is 39.1 Å². The van der Waals surface area contributed by atoms with Crippen LogP contribution in [0.5, 0.6) is 0 Å². The highest BCUT2D eigenvalue weighted by Gasteiger charge is 2.22. The molecule has 0 bridgehead atoms. The molecular formula is C23H25N3O4S. The Morgan fingerprint density at radius 3 is 2.71 bits per heavy atom. The second-order valence-corrected chi connectivity index (χ2v) is 8.70. The third kappa shape index (κ3) is 4.25. The molecule has 0 saturated carbocycles. The van der Waals surface area contributed by atoms with Gasteiger partial charge in [0.1, 0.15) is 10.7 Å². The van der Waals surface area contributed by atoms with Crippen molar-refractivity contribution in [1.82, 2.24) is 9.55 Å². The predicted octanol–water partition coefficient (Wildman–Crippen LogP) is 4.31. The van der Waals surface area contributed by atoms with Gasteiger partial charge in [0.25, 0.3) is 11.5 Å². The number of aryl methyl sites for hydroxylation is 2. The maximum Gasteiger partial charge on any atom is 0.338 e. The van der Waals surface area contributed by atoms with Gasteiger partial charge in [-0.1, -0.05) is 13.3 Å². The fraction of sp³-hybridized carbons (Fsp3) is 0.391. The molecule has 0 radical (unpaired) electrons. The lowest BCUT2D eigenvalue weighted by Gasteiger charge is -2.08. The van der Waals surface area contributed by atoms with E-state index in [0.29, 0.717) is 45.1 Å². The summed E-state index contributed by atoms with van der Waals surface area (Å²) in [5.41, 5.74) is 1.61. The molecule has 1 N–H and O–H groups in total. The predicted molar refractivity (Wildman–Crippen MR) is 121 cm³/mol. The van der Waals surface area contributed by atoms with Crippen LogP contribution in [0.25, 0.3) is 10.2 Å². The van der Waals surface area contributed by atoms with Crippen LogP contribution in [0.4, 0.5) is 5.69 Å². The van der Waals surface area contributed by atoms with Crippen LogP contribution in [0.15, 0.2) is 29.1 Å². The zero-order valence-electron chi connectivity index (χ0n) is 17.7. The normalized spacial score (nSPS) is 13.5. The topological polar surface area (TPSA) is 90.3 Å². The van der Waals surface area contributed by atoms with Gasteiger partial charge in [-0.2, -0.15) is 0 Å². The number of ether oxygens (including phenoxy) is 1. The molecule has 0 atom stereocenters. The molecule has 3 heterocycles. The van der Waals surface area contributed by atoms with Crippen molar-refractivity contribution in [3.8, 4) is 0 Å². The minimum Gasteiger partial charge on any atom is -0.462 e. The summed E-state index contributed by atoms with van der Waals surface area (Å²) in [4.78, 5) is 43.7. The molecule has 0 saturated heterocycles. The van der Waals surface area contributed by atoms with Crippen LogP contribution in [-0.4, -0.2) is 28.0 Å². The zero-order chi connectivity index (χ0) is 22.0. The van der Waals surface area contributed by atoms with Crippen LogP contribution in [0, 0.1) is 6.92 Å². The largest absolute Gasteiger partial charge is 0.462 e. The molecule has 2 aromatic heterocycles.